The van der Waals surface area contributed by atoms with Crippen molar-refractivity contribution in [2.45, 2.75) is 20.0 Å². The molecule has 1 amide bonds. The van der Waals surface area contributed by atoms with E-state index in [1.807, 2.05) is 0 Å². The Morgan fingerprint density at radius 2 is 2.03 bits per heavy atom. The first kappa shape index (κ1) is 21.4. The van der Waals surface area contributed by atoms with Crippen molar-refractivity contribution in [3.05, 3.63) is 58.2 Å². The molecule has 1 N–H and O–H groups in total. The van der Waals surface area contributed by atoms with Crippen molar-refractivity contribution < 1.29 is 27.5 Å². The summed E-state index contributed by atoms with van der Waals surface area (Å²) < 4.78 is 41.8. The topological polar surface area (TPSA) is 81.2 Å². The third kappa shape index (κ3) is 5.20. The number of rotatable bonds is 5. The number of ether oxygens (including phenoxy) is 1. The third-order valence-corrected chi connectivity index (χ3v) is 4.87. The zero-order chi connectivity index (χ0) is 21.9. The summed E-state index contributed by atoms with van der Waals surface area (Å²) in [5.41, 5.74) is 1.96. The van der Waals surface area contributed by atoms with Gasteiger partial charge >= 0.3 is 12.1 Å². The fourth-order valence-corrected chi connectivity index (χ4v) is 3.39. The van der Waals surface area contributed by atoms with Crippen LogP contribution in [0.25, 0.3) is 16.4 Å². The number of nitrogens with one attached hydrogen (secondary N) is 1. The minimum atomic E-state index is -4.40. The summed E-state index contributed by atoms with van der Waals surface area (Å²) in [5.74, 6) is -0.984. The Bertz CT molecular complexity index is 1140. The molecule has 0 aliphatic rings. The number of hydrogen-bond acceptors (Lipinski definition) is 6. The molecule has 30 heavy (non-hydrogen) atoms. The lowest BCUT2D eigenvalue weighted by atomic mass is 10.0. The van der Waals surface area contributed by atoms with Crippen LogP contribution in [0.1, 0.15) is 38.2 Å². The molecule has 0 aliphatic carbocycles. The molecular formula is C20H16F3N3O3S. The van der Waals surface area contributed by atoms with Crippen molar-refractivity contribution in [2.24, 2.45) is 0 Å². The van der Waals surface area contributed by atoms with Crippen molar-refractivity contribution >= 4 is 45.3 Å². The number of halogens is 3. The van der Waals surface area contributed by atoms with E-state index in [1.54, 1.807) is 19.9 Å². The standard InChI is InChI=1S/C20H16F3N3O3S/c1-3-29-19(28)18-26-15-9-13(10-24-17(15)30-18)25-16(27)14-5-4-12(8-11(14)2)6-7-20(21,22)23/h4-10H,3H2,1-2H3,(H,25,27)/b7-6+. The predicted octanol–water partition coefficient (Wildman–Crippen LogP) is 5.00. The highest BCUT2D eigenvalue weighted by Crippen LogP contribution is 2.24. The van der Waals surface area contributed by atoms with Gasteiger partial charge in [0.15, 0.2) is 0 Å². The predicted molar refractivity (Wildman–Crippen MR) is 108 cm³/mol. The van der Waals surface area contributed by atoms with Gasteiger partial charge in [-0.25, -0.2) is 14.8 Å². The minimum absolute atomic E-state index is 0.140. The van der Waals surface area contributed by atoms with E-state index in [4.69, 9.17) is 4.74 Å². The number of alkyl halides is 3. The number of amides is 1. The van der Waals surface area contributed by atoms with E-state index in [1.165, 1.54) is 24.4 Å². The Morgan fingerprint density at radius 1 is 1.27 bits per heavy atom. The van der Waals surface area contributed by atoms with Gasteiger partial charge in [0.1, 0.15) is 10.3 Å². The van der Waals surface area contributed by atoms with Crippen LogP contribution < -0.4 is 5.32 Å². The van der Waals surface area contributed by atoms with Gasteiger partial charge in [0.2, 0.25) is 5.01 Å². The maximum atomic E-state index is 12.6. The number of anilines is 1. The number of hydrogen-bond donors (Lipinski definition) is 1. The summed E-state index contributed by atoms with van der Waals surface area (Å²) >= 11 is 1.08. The Labute approximate surface area is 173 Å². The number of nitrogens with zero attached hydrogens (tertiary/aromatic N) is 2. The van der Waals surface area contributed by atoms with Crippen LogP contribution in [-0.4, -0.2) is 34.6 Å². The average molecular weight is 435 g/mol. The summed E-state index contributed by atoms with van der Waals surface area (Å²) in [6, 6.07) is 5.95. The Hall–Kier alpha value is -3.27. The molecule has 3 aromatic rings. The largest absolute Gasteiger partial charge is 0.461 e. The zero-order valence-electron chi connectivity index (χ0n) is 15.9. The number of aryl methyl sites for hydroxylation is 1. The number of pyridine rings is 1. The number of fused-ring (bicyclic) bond motifs is 1. The van der Waals surface area contributed by atoms with E-state index >= 15 is 0 Å². The molecule has 0 radical (unpaired) electrons. The number of carbonyl (C=O) groups excluding carboxylic acids is 2. The maximum absolute atomic E-state index is 12.6. The summed E-state index contributed by atoms with van der Waals surface area (Å²) in [7, 11) is 0. The summed E-state index contributed by atoms with van der Waals surface area (Å²) in [5, 5.41) is 2.85. The highest BCUT2D eigenvalue weighted by atomic mass is 32.1. The number of allylic oxidation sites excluding steroid dienone is 1. The maximum Gasteiger partial charge on any atom is 0.409 e. The van der Waals surface area contributed by atoms with Crippen molar-refractivity contribution in [3.8, 4) is 0 Å². The van der Waals surface area contributed by atoms with Crippen molar-refractivity contribution in [2.75, 3.05) is 11.9 Å². The highest BCUT2D eigenvalue weighted by molar-refractivity contribution is 7.19. The van der Waals surface area contributed by atoms with Crippen molar-refractivity contribution in [1.82, 2.24) is 9.97 Å². The molecule has 1 aromatic carbocycles. The summed E-state index contributed by atoms with van der Waals surface area (Å²) in [4.78, 5) is 33.2. The normalized spacial score (nSPS) is 11.8. The SMILES string of the molecule is CCOC(=O)c1nc2cc(NC(=O)c3ccc(/C=C/C(F)(F)F)cc3C)cnc2s1. The summed E-state index contributed by atoms with van der Waals surface area (Å²) in [6.07, 6.45) is -1.89. The quantitative estimate of drug-likeness (QED) is 0.570. The zero-order valence-corrected chi connectivity index (χ0v) is 16.7. The van der Waals surface area contributed by atoms with Crippen LogP contribution in [-0.2, 0) is 4.74 Å². The molecular weight excluding hydrogens is 419 g/mol. The molecule has 0 saturated carbocycles. The molecule has 3 rings (SSSR count). The lowest BCUT2D eigenvalue weighted by Gasteiger charge is -2.08. The van der Waals surface area contributed by atoms with Gasteiger partial charge in [-0.15, -0.1) is 0 Å². The fourth-order valence-electron chi connectivity index (χ4n) is 2.61. The van der Waals surface area contributed by atoms with Crippen LogP contribution in [0, 0.1) is 6.92 Å². The fraction of sp³-hybridized carbons (Fsp3) is 0.200. The average Bonchev–Trinajstić information content (AvgIpc) is 3.09. The monoisotopic (exact) mass is 435 g/mol. The first-order valence-electron chi connectivity index (χ1n) is 8.78. The van der Waals surface area contributed by atoms with Gasteiger partial charge in [-0.2, -0.15) is 13.2 Å². The second kappa shape index (κ2) is 8.62. The molecule has 2 heterocycles. The van der Waals surface area contributed by atoms with Gasteiger partial charge in [-0.3, -0.25) is 4.79 Å². The number of thiazole rings is 1. The van der Waals surface area contributed by atoms with Crippen LogP contribution in [0.15, 0.2) is 36.5 Å². The summed E-state index contributed by atoms with van der Waals surface area (Å²) in [6.45, 7) is 3.55. The van der Waals surface area contributed by atoms with Crippen LogP contribution in [0.5, 0.6) is 0 Å². The molecule has 0 fully saturated rings. The Balaban J connectivity index is 1.77. The lowest BCUT2D eigenvalue weighted by Crippen LogP contribution is -2.13. The van der Waals surface area contributed by atoms with Gasteiger partial charge in [-0.1, -0.05) is 29.5 Å². The van der Waals surface area contributed by atoms with Gasteiger partial charge in [0.05, 0.1) is 18.5 Å². The Morgan fingerprint density at radius 3 is 2.70 bits per heavy atom. The van der Waals surface area contributed by atoms with E-state index in [-0.39, 0.29) is 17.7 Å². The third-order valence-electron chi connectivity index (χ3n) is 3.92. The smallest absolute Gasteiger partial charge is 0.409 e. The van der Waals surface area contributed by atoms with E-state index in [2.05, 4.69) is 15.3 Å². The minimum Gasteiger partial charge on any atom is -0.461 e. The van der Waals surface area contributed by atoms with E-state index in [0.717, 1.165) is 17.4 Å². The van der Waals surface area contributed by atoms with Crippen molar-refractivity contribution in [1.29, 1.82) is 0 Å². The second-order valence-electron chi connectivity index (χ2n) is 6.19. The molecule has 6 nitrogen and oxygen atoms in total. The molecule has 0 bridgehead atoms. The lowest BCUT2D eigenvalue weighted by molar-refractivity contribution is -0.0790. The van der Waals surface area contributed by atoms with Gasteiger partial charge in [0, 0.05) is 11.6 Å². The number of aromatic nitrogens is 2. The molecule has 0 aliphatic heterocycles. The molecule has 156 valence electrons. The molecule has 0 spiro atoms. The Kier molecular flexibility index (Phi) is 6.16. The van der Waals surface area contributed by atoms with E-state index in [0.29, 0.717) is 32.7 Å². The van der Waals surface area contributed by atoms with E-state index in [9.17, 15) is 22.8 Å². The highest BCUT2D eigenvalue weighted by Gasteiger charge is 2.22. The van der Waals surface area contributed by atoms with E-state index < -0.39 is 18.1 Å². The van der Waals surface area contributed by atoms with Crippen molar-refractivity contribution in [3.63, 3.8) is 0 Å². The number of carbonyl (C=O) groups is 2. The van der Waals surface area contributed by atoms with Crippen LogP contribution in [0.4, 0.5) is 18.9 Å². The van der Waals surface area contributed by atoms with Gasteiger partial charge < -0.3 is 10.1 Å². The molecule has 10 heteroatoms. The van der Waals surface area contributed by atoms with Gasteiger partial charge in [-0.05, 0) is 37.1 Å². The molecule has 0 unspecified atom stereocenters. The van der Waals surface area contributed by atoms with Crippen LogP contribution in [0.3, 0.4) is 0 Å². The van der Waals surface area contributed by atoms with Crippen LogP contribution >= 0.6 is 11.3 Å². The van der Waals surface area contributed by atoms with Gasteiger partial charge in [0.25, 0.3) is 5.91 Å². The molecule has 0 atom stereocenters. The number of benzene rings is 1. The molecule has 2 aromatic heterocycles. The second-order valence-corrected chi connectivity index (χ2v) is 7.17. The van der Waals surface area contributed by atoms with Crippen LogP contribution in [0.2, 0.25) is 0 Å². The number of esters is 1. The first-order valence-corrected chi connectivity index (χ1v) is 9.59. The molecule has 0 saturated heterocycles. The first-order chi connectivity index (χ1) is 14.2.